The predicted octanol–water partition coefficient (Wildman–Crippen LogP) is 2.33. The van der Waals surface area contributed by atoms with Crippen molar-refractivity contribution in [2.45, 2.75) is 19.0 Å². The van der Waals surface area contributed by atoms with Gasteiger partial charge in [0, 0.05) is 12.3 Å². The highest BCUT2D eigenvalue weighted by Crippen LogP contribution is 2.28. The molecule has 0 bridgehead atoms. The summed E-state index contributed by atoms with van der Waals surface area (Å²) in [5.74, 6) is -0.746. The summed E-state index contributed by atoms with van der Waals surface area (Å²) in [5.41, 5.74) is -0.0998. The molecule has 3 amide bonds. The number of halogens is 1. The van der Waals surface area contributed by atoms with Crippen molar-refractivity contribution in [1.29, 1.82) is 0 Å². The number of amides is 3. The molecule has 1 aromatic carbocycles. The number of imide groups is 1. The first-order valence-electron chi connectivity index (χ1n) is 7.58. The Morgan fingerprint density at radius 2 is 2.12 bits per heavy atom. The molecular weight excluding hydrogens is 327 g/mol. The van der Waals surface area contributed by atoms with E-state index in [9.17, 15) is 14.0 Å². The number of carbonyl (C=O) groups excluding carboxylic acids is 2. The first-order valence-corrected chi connectivity index (χ1v) is 7.58. The summed E-state index contributed by atoms with van der Waals surface area (Å²) >= 11 is 0. The van der Waals surface area contributed by atoms with Crippen LogP contribution in [0.2, 0.25) is 0 Å². The van der Waals surface area contributed by atoms with Gasteiger partial charge >= 0.3 is 6.03 Å². The minimum atomic E-state index is -1.25. The van der Waals surface area contributed by atoms with E-state index in [0.717, 1.165) is 4.90 Å². The molecule has 0 aliphatic carbocycles. The van der Waals surface area contributed by atoms with Gasteiger partial charge in [0.25, 0.3) is 5.91 Å². The smallest absolute Gasteiger partial charge is 0.325 e. The lowest BCUT2D eigenvalue weighted by molar-refractivity contribution is -0.131. The van der Waals surface area contributed by atoms with Crippen LogP contribution in [0.1, 0.15) is 18.5 Å². The molecule has 1 fully saturated rings. The summed E-state index contributed by atoms with van der Waals surface area (Å²) in [6, 6.07) is 8.50. The summed E-state index contributed by atoms with van der Waals surface area (Å²) in [7, 11) is 0. The van der Waals surface area contributed by atoms with E-state index in [1.165, 1.54) is 18.2 Å². The van der Waals surface area contributed by atoms with Crippen molar-refractivity contribution in [1.82, 2.24) is 20.2 Å². The molecule has 0 saturated carbocycles. The summed E-state index contributed by atoms with van der Waals surface area (Å²) in [6.07, 6.45) is 1.55. The number of nitrogens with zero attached hydrogens (tertiary/aromatic N) is 3. The van der Waals surface area contributed by atoms with Gasteiger partial charge in [-0.3, -0.25) is 14.7 Å². The Bertz CT molecular complexity index is 988. The van der Waals surface area contributed by atoms with Gasteiger partial charge < -0.3 is 9.73 Å². The lowest BCUT2D eigenvalue weighted by Gasteiger charge is -2.20. The van der Waals surface area contributed by atoms with Gasteiger partial charge in [0.2, 0.25) is 5.89 Å². The molecule has 8 heteroatoms. The van der Waals surface area contributed by atoms with Crippen molar-refractivity contribution in [3.63, 3.8) is 0 Å². The van der Waals surface area contributed by atoms with Gasteiger partial charge in [0.1, 0.15) is 17.9 Å². The topological polar surface area (TPSA) is 88.3 Å². The number of urea groups is 1. The van der Waals surface area contributed by atoms with E-state index in [-0.39, 0.29) is 12.4 Å². The second-order valence-electron chi connectivity index (χ2n) is 5.88. The SMILES string of the molecule is C[C@]1(c2ccccn2)NC(=O)N(Cc2nc3cc(F)ccc3o2)C1=O. The number of benzene rings is 1. The van der Waals surface area contributed by atoms with Crippen LogP contribution in [-0.4, -0.2) is 26.8 Å². The molecule has 3 heterocycles. The second kappa shape index (κ2) is 5.37. The molecule has 2 aromatic heterocycles. The number of fused-ring (bicyclic) bond motifs is 1. The third kappa shape index (κ3) is 2.42. The molecule has 4 rings (SSSR count). The Morgan fingerprint density at radius 3 is 2.88 bits per heavy atom. The van der Waals surface area contributed by atoms with Crippen LogP contribution in [0.4, 0.5) is 9.18 Å². The molecular formula is C17H13FN4O3. The summed E-state index contributed by atoms with van der Waals surface area (Å²) in [4.78, 5) is 34.4. The molecule has 1 N–H and O–H groups in total. The zero-order chi connectivity index (χ0) is 17.6. The van der Waals surface area contributed by atoms with E-state index in [1.54, 1.807) is 31.3 Å². The van der Waals surface area contributed by atoms with E-state index in [4.69, 9.17) is 4.42 Å². The molecule has 1 atom stereocenters. The van der Waals surface area contributed by atoms with Crippen LogP contribution in [0.5, 0.6) is 0 Å². The van der Waals surface area contributed by atoms with Crippen LogP contribution >= 0.6 is 0 Å². The predicted molar refractivity (Wildman–Crippen MR) is 84.6 cm³/mol. The molecule has 0 spiro atoms. The maximum Gasteiger partial charge on any atom is 0.325 e. The Morgan fingerprint density at radius 1 is 1.28 bits per heavy atom. The number of rotatable bonds is 3. The zero-order valence-corrected chi connectivity index (χ0v) is 13.2. The Balaban J connectivity index is 1.64. The van der Waals surface area contributed by atoms with Gasteiger partial charge in [-0.1, -0.05) is 6.07 Å². The van der Waals surface area contributed by atoms with Gasteiger partial charge in [0.15, 0.2) is 11.1 Å². The van der Waals surface area contributed by atoms with E-state index >= 15 is 0 Å². The van der Waals surface area contributed by atoms with Crippen molar-refractivity contribution in [3.05, 3.63) is 60.0 Å². The molecule has 1 saturated heterocycles. The highest BCUT2D eigenvalue weighted by molar-refractivity contribution is 6.06. The fourth-order valence-corrected chi connectivity index (χ4v) is 2.82. The zero-order valence-electron chi connectivity index (χ0n) is 13.2. The van der Waals surface area contributed by atoms with Crippen LogP contribution < -0.4 is 5.32 Å². The number of nitrogens with one attached hydrogen (secondary N) is 1. The van der Waals surface area contributed by atoms with Gasteiger partial charge in [-0.25, -0.2) is 14.2 Å². The normalized spacial score (nSPS) is 20.3. The average Bonchev–Trinajstić information content (AvgIpc) is 3.09. The third-order valence-electron chi connectivity index (χ3n) is 4.14. The van der Waals surface area contributed by atoms with Crippen LogP contribution in [0.25, 0.3) is 11.1 Å². The first-order chi connectivity index (χ1) is 12.0. The fourth-order valence-electron chi connectivity index (χ4n) is 2.82. The van der Waals surface area contributed by atoms with Crippen LogP contribution in [0.3, 0.4) is 0 Å². The number of pyridine rings is 1. The van der Waals surface area contributed by atoms with Gasteiger partial charge in [-0.2, -0.15) is 0 Å². The quantitative estimate of drug-likeness (QED) is 0.739. The molecule has 1 aliphatic rings. The van der Waals surface area contributed by atoms with E-state index in [0.29, 0.717) is 16.8 Å². The molecule has 0 radical (unpaired) electrons. The fraction of sp³-hybridized carbons (Fsp3) is 0.176. The summed E-state index contributed by atoms with van der Waals surface area (Å²) < 4.78 is 18.7. The standard InChI is InChI=1S/C17H13FN4O3/c1-17(13-4-2-3-7-19-13)15(23)22(16(24)21-17)9-14-20-11-8-10(18)5-6-12(11)25-14/h2-8H,9H2,1H3,(H,21,24)/t17-/m1/s1. The average molecular weight is 340 g/mol. The molecule has 0 unspecified atom stereocenters. The van der Waals surface area contributed by atoms with E-state index < -0.39 is 23.3 Å². The highest BCUT2D eigenvalue weighted by atomic mass is 19.1. The maximum absolute atomic E-state index is 13.2. The van der Waals surface area contributed by atoms with Gasteiger partial charge in [-0.05, 0) is 31.2 Å². The molecule has 1 aliphatic heterocycles. The van der Waals surface area contributed by atoms with Crippen LogP contribution in [0.15, 0.2) is 47.0 Å². The molecule has 7 nitrogen and oxygen atoms in total. The molecule has 126 valence electrons. The molecule has 25 heavy (non-hydrogen) atoms. The van der Waals surface area contributed by atoms with Crippen molar-refractivity contribution in [3.8, 4) is 0 Å². The Kier molecular flexibility index (Phi) is 3.28. The summed E-state index contributed by atoms with van der Waals surface area (Å²) in [6.45, 7) is 1.44. The number of oxazole rings is 1. The van der Waals surface area contributed by atoms with Crippen molar-refractivity contribution < 1.29 is 18.4 Å². The Labute approximate surface area is 141 Å². The molecule has 3 aromatic rings. The number of carbonyl (C=O) groups is 2. The third-order valence-corrected chi connectivity index (χ3v) is 4.14. The second-order valence-corrected chi connectivity index (χ2v) is 5.88. The minimum Gasteiger partial charge on any atom is -0.439 e. The first kappa shape index (κ1) is 15.3. The van der Waals surface area contributed by atoms with Gasteiger partial charge in [-0.15, -0.1) is 0 Å². The lowest BCUT2D eigenvalue weighted by Crippen LogP contribution is -2.41. The Hall–Kier alpha value is -3.29. The van der Waals surface area contributed by atoms with E-state index in [1.807, 2.05) is 0 Å². The van der Waals surface area contributed by atoms with Crippen molar-refractivity contribution in [2.24, 2.45) is 0 Å². The number of hydrogen-bond donors (Lipinski definition) is 1. The lowest BCUT2D eigenvalue weighted by atomic mass is 9.97. The largest absolute Gasteiger partial charge is 0.439 e. The van der Waals surface area contributed by atoms with Gasteiger partial charge in [0.05, 0.1) is 5.69 Å². The monoisotopic (exact) mass is 340 g/mol. The van der Waals surface area contributed by atoms with Crippen molar-refractivity contribution in [2.75, 3.05) is 0 Å². The maximum atomic E-state index is 13.2. The van der Waals surface area contributed by atoms with E-state index in [2.05, 4.69) is 15.3 Å². The summed E-state index contributed by atoms with van der Waals surface area (Å²) in [5, 5.41) is 2.66. The van der Waals surface area contributed by atoms with Crippen LogP contribution in [0, 0.1) is 5.82 Å². The number of hydrogen-bond acceptors (Lipinski definition) is 5. The minimum absolute atomic E-state index is 0.148. The highest BCUT2D eigenvalue weighted by Gasteiger charge is 2.50. The number of aromatic nitrogens is 2. The van der Waals surface area contributed by atoms with Crippen molar-refractivity contribution >= 4 is 23.0 Å². The van der Waals surface area contributed by atoms with Crippen LogP contribution in [-0.2, 0) is 16.9 Å².